The summed E-state index contributed by atoms with van der Waals surface area (Å²) in [6.07, 6.45) is 0. The van der Waals surface area contributed by atoms with Gasteiger partial charge in [0, 0.05) is 10.5 Å². The number of carbonyl (C=O) groups is 1. The molecule has 98 valence electrons. The zero-order valence-electron chi connectivity index (χ0n) is 9.22. The first-order chi connectivity index (χ1) is 8.32. The maximum absolute atomic E-state index is 10.9. The van der Waals surface area contributed by atoms with Crippen molar-refractivity contribution in [2.45, 2.75) is 12.3 Å². The largest absolute Gasteiger partial charge is 0.484 e. The minimum atomic E-state index is -1.26. The van der Waals surface area contributed by atoms with Crippen molar-refractivity contribution in [3.05, 3.63) is 32.3 Å². The van der Waals surface area contributed by atoms with Crippen molar-refractivity contribution in [3.8, 4) is 5.75 Å². The van der Waals surface area contributed by atoms with Gasteiger partial charge in [-0.15, -0.1) is 11.6 Å². The second kappa shape index (κ2) is 6.01. The van der Waals surface area contributed by atoms with Gasteiger partial charge in [-0.2, -0.15) is 0 Å². The molecule has 1 aromatic rings. The van der Waals surface area contributed by atoms with Gasteiger partial charge in [0.25, 0.3) is 0 Å². The lowest BCUT2D eigenvalue weighted by atomic mass is 10.2. The minimum Gasteiger partial charge on any atom is -0.484 e. The number of aryl methyl sites for hydroxylation is 1. The standard InChI is InChI=1S/C10H9BrClNO5/c1-5-2-6(11)3-8(13(16)17)9(5)18-4-7(12)10(14)15/h2-3,7H,4H2,1H3,(H,14,15). The first-order valence-corrected chi connectivity index (χ1v) is 6.00. The average Bonchev–Trinajstić information content (AvgIpc) is 2.26. The molecule has 0 aliphatic heterocycles. The molecule has 1 rings (SSSR count). The van der Waals surface area contributed by atoms with E-state index in [1.54, 1.807) is 13.0 Å². The summed E-state index contributed by atoms with van der Waals surface area (Å²) >= 11 is 8.62. The van der Waals surface area contributed by atoms with E-state index in [0.29, 0.717) is 10.0 Å². The van der Waals surface area contributed by atoms with Gasteiger partial charge in [-0.1, -0.05) is 15.9 Å². The van der Waals surface area contributed by atoms with Crippen molar-refractivity contribution >= 4 is 39.2 Å². The van der Waals surface area contributed by atoms with Gasteiger partial charge in [0.15, 0.2) is 11.1 Å². The van der Waals surface area contributed by atoms with E-state index in [9.17, 15) is 14.9 Å². The molecule has 0 radical (unpaired) electrons. The maximum Gasteiger partial charge on any atom is 0.325 e. The van der Waals surface area contributed by atoms with E-state index in [1.807, 2.05) is 0 Å². The van der Waals surface area contributed by atoms with Gasteiger partial charge in [0.1, 0.15) is 6.61 Å². The van der Waals surface area contributed by atoms with E-state index in [1.165, 1.54) is 6.07 Å². The predicted molar refractivity (Wildman–Crippen MR) is 68.3 cm³/mol. The predicted octanol–water partition coefficient (Wildman–Crippen LogP) is 2.74. The number of carboxylic acid groups (broad SMARTS) is 1. The molecule has 1 unspecified atom stereocenters. The molecule has 0 fully saturated rings. The molecule has 8 heteroatoms. The first kappa shape index (κ1) is 14.7. The Morgan fingerprint density at radius 3 is 2.78 bits per heavy atom. The number of hydrogen-bond donors (Lipinski definition) is 1. The third kappa shape index (κ3) is 3.58. The molecule has 0 heterocycles. The van der Waals surface area contributed by atoms with Crippen molar-refractivity contribution < 1.29 is 19.6 Å². The Balaban J connectivity index is 3.00. The van der Waals surface area contributed by atoms with Gasteiger partial charge in [-0.05, 0) is 18.6 Å². The topological polar surface area (TPSA) is 89.7 Å². The van der Waals surface area contributed by atoms with Crippen LogP contribution in [0.25, 0.3) is 0 Å². The van der Waals surface area contributed by atoms with Gasteiger partial charge >= 0.3 is 11.7 Å². The maximum atomic E-state index is 10.9. The zero-order valence-corrected chi connectivity index (χ0v) is 11.6. The fourth-order valence-corrected chi connectivity index (χ4v) is 1.89. The summed E-state index contributed by atoms with van der Waals surface area (Å²) in [5, 5.41) is 18.2. The van der Waals surface area contributed by atoms with Gasteiger partial charge in [0.05, 0.1) is 4.92 Å². The van der Waals surface area contributed by atoms with Crippen LogP contribution in [0.15, 0.2) is 16.6 Å². The van der Waals surface area contributed by atoms with Crippen LogP contribution >= 0.6 is 27.5 Å². The second-order valence-corrected chi connectivity index (χ2v) is 4.89. The molecule has 0 aliphatic carbocycles. The molecule has 1 atom stereocenters. The lowest BCUT2D eigenvalue weighted by molar-refractivity contribution is -0.386. The Bertz CT molecular complexity index is 493. The number of alkyl halides is 1. The fourth-order valence-electron chi connectivity index (χ4n) is 1.26. The first-order valence-electron chi connectivity index (χ1n) is 4.77. The summed E-state index contributed by atoms with van der Waals surface area (Å²) in [6, 6.07) is 2.92. The summed E-state index contributed by atoms with van der Waals surface area (Å²) in [5.41, 5.74) is 0.279. The summed E-state index contributed by atoms with van der Waals surface area (Å²) < 4.78 is 5.67. The van der Waals surface area contributed by atoms with Crippen LogP contribution in [0.5, 0.6) is 5.75 Å². The Hall–Kier alpha value is -1.34. The molecule has 0 saturated heterocycles. The van der Waals surface area contributed by atoms with Crippen molar-refractivity contribution in [1.29, 1.82) is 0 Å². The third-order valence-corrected chi connectivity index (χ3v) is 2.83. The lowest BCUT2D eigenvalue weighted by Gasteiger charge is -2.11. The number of ether oxygens (including phenoxy) is 1. The van der Waals surface area contributed by atoms with E-state index < -0.39 is 16.3 Å². The Morgan fingerprint density at radius 1 is 1.67 bits per heavy atom. The number of carboxylic acids is 1. The quantitative estimate of drug-likeness (QED) is 0.506. The molecule has 0 amide bonds. The summed E-state index contributed by atoms with van der Waals surface area (Å²) in [5.74, 6) is -1.22. The van der Waals surface area contributed by atoms with Crippen LogP contribution in [0.3, 0.4) is 0 Å². The van der Waals surface area contributed by atoms with Crippen molar-refractivity contribution in [2.24, 2.45) is 0 Å². The van der Waals surface area contributed by atoms with Gasteiger partial charge in [-0.25, -0.2) is 0 Å². The van der Waals surface area contributed by atoms with Crippen molar-refractivity contribution in [1.82, 2.24) is 0 Å². The molecule has 1 aromatic carbocycles. The van der Waals surface area contributed by atoms with Crippen LogP contribution in [0, 0.1) is 17.0 Å². The van der Waals surface area contributed by atoms with E-state index in [4.69, 9.17) is 21.4 Å². The van der Waals surface area contributed by atoms with Crippen LogP contribution in [0.2, 0.25) is 0 Å². The number of benzene rings is 1. The lowest BCUT2D eigenvalue weighted by Crippen LogP contribution is -2.22. The average molecular weight is 339 g/mol. The summed E-state index contributed by atoms with van der Waals surface area (Å²) in [7, 11) is 0. The highest BCUT2D eigenvalue weighted by Gasteiger charge is 2.21. The van der Waals surface area contributed by atoms with Crippen LogP contribution in [0.4, 0.5) is 5.69 Å². The van der Waals surface area contributed by atoms with Crippen LogP contribution in [-0.4, -0.2) is 28.0 Å². The number of rotatable bonds is 5. The molecule has 1 N–H and O–H groups in total. The Labute approximate surface area is 116 Å². The molecule has 0 aromatic heterocycles. The van der Waals surface area contributed by atoms with Crippen LogP contribution in [0.1, 0.15) is 5.56 Å². The normalized spacial score (nSPS) is 11.9. The van der Waals surface area contributed by atoms with Gasteiger partial charge < -0.3 is 9.84 Å². The highest BCUT2D eigenvalue weighted by atomic mass is 79.9. The second-order valence-electron chi connectivity index (χ2n) is 3.44. The monoisotopic (exact) mass is 337 g/mol. The summed E-state index contributed by atoms with van der Waals surface area (Å²) in [4.78, 5) is 20.8. The molecule has 0 spiro atoms. The summed E-state index contributed by atoms with van der Waals surface area (Å²) in [6.45, 7) is 1.28. The van der Waals surface area contributed by atoms with Crippen molar-refractivity contribution in [2.75, 3.05) is 6.61 Å². The van der Waals surface area contributed by atoms with E-state index >= 15 is 0 Å². The fraction of sp³-hybridized carbons (Fsp3) is 0.300. The third-order valence-electron chi connectivity index (χ3n) is 2.06. The molecule has 6 nitrogen and oxygen atoms in total. The van der Waals surface area contributed by atoms with E-state index in [2.05, 4.69) is 15.9 Å². The number of nitrogens with zero attached hydrogens (tertiary/aromatic N) is 1. The number of nitro benzene ring substituents is 1. The highest BCUT2D eigenvalue weighted by Crippen LogP contribution is 2.34. The van der Waals surface area contributed by atoms with Crippen LogP contribution in [-0.2, 0) is 4.79 Å². The minimum absolute atomic E-state index is 0.0232. The molecule has 18 heavy (non-hydrogen) atoms. The highest BCUT2D eigenvalue weighted by molar-refractivity contribution is 9.10. The molecule has 0 saturated carbocycles. The molecular weight excluding hydrogens is 329 g/mol. The number of aliphatic carboxylic acids is 1. The molecule has 0 aliphatic rings. The van der Waals surface area contributed by atoms with Gasteiger partial charge in [-0.3, -0.25) is 14.9 Å². The Morgan fingerprint density at radius 2 is 2.28 bits per heavy atom. The smallest absolute Gasteiger partial charge is 0.325 e. The zero-order chi connectivity index (χ0) is 13.9. The Kier molecular flexibility index (Phi) is 4.92. The van der Waals surface area contributed by atoms with Crippen LogP contribution < -0.4 is 4.74 Å². The molecule has 0 bridgehead atoms. The SMILES string of the molecule is Cc1cc(Br)cc([N+](=O)[O-])c1OCC(Cl)C(=O)O. The number of halogens is 2. The van der Waals surface area contributed by atoms with E-state index in [-0.39, 0.29) is 18.0 Å². The van der Waals surface area contributed by atoms with Gasteiger partial charge in [0.2, 0.25) is 0 Å². The number of hydrogen-bond acceptors (Lipinski definition) is 4. The van der Waals surface area contributed by atoms with Crippen molar-refractivity contribution in [3.63, 3.8) is 0 Å². The molecular formula is C10H9BrClNO5. The number of nitro groups is 1. The van der Waals surface area contributed by atoms with E-state index in [0.717, 1.165) is 0 Å².